The third kappa shape index (κ3) is 6.07. The quantitative estimate of drug-likeness (QED) is 0.730. The van der Waals surface area contributed by atoms with E-state index in [-0.39, 0.29) is 12.5 Å². The zero-order valence-electron chi connectivity index (χ0n) is 14.3. The van der Waals surface area contributed by atoms with Crippen LogP contribution in [0.1, 0.15) is 25.7 Å². The van der Waals surface area contributed by atoms with Gasteiger partial charge in [-0.25, -0.2) is 0 Å². The molecular formula is C18H27BrN2O3. The Morgan fingerprint density at radius 3 is 2.83 bits per heavy atom. The lowest BCUT2D eigenvalue weighted by Crippen LogP contribution is -2.46. The molecule has 0 aromatic heterocycles. The van der Waals surface area contributed by atoms with E-state index in [0.717, 1.165) is 36.0 Å². The van der Waals surface area contributed by atoms with Gasteiger partial charge in [-0.15, -0.1) is 0 Å². The van der Waals surface area contributed by atoms with Crippen molar-refractivity contribution in [3.8, 4) is 5.75 Å². The fraction of sp³-hybridized carbons (Fsp3) is 0.611. The molecule has 1 heterocycles. The maximum Gasteiger partial charge on any atom is 0.236 e. The largest absolute Gasteiger partial charge is 0.492 e. The van der Waals surface area contributed by atoms with Crippen LogP contribution in [0.3, 0.4) is 0 Å². The smallest absolute Gasteiger partial charge is 0.236 e. The number of benzene rings is 1. The maximum atomic E-state index is 12.4. The molecule has 1 atom stereocenters. The van der Waals surface area contributed by atoms with Gasteiger partial charge in [-0.05, 0) is 50.1 Å². The van der Waals surface area contributed by atoms with Gasteiger partial charge in [-0.1, -0.05) is 22.4 Å². The van der Waals surface area contributed by atoms with E-state index in [1.807, 2.05) is 31.3 Å². The number of halogens is 1. The van der Waals surface area contributed by atoms with E-state index in [2.05, 4.69) is 20.8 Å². The number of nitrogens with zero attached hydrogens (tertiary/aromatic N) is 2. The van der Waals surface area contributed by atoms with Crippen molar-refractivity contribution < 1.29 is 14.6 Å². The molecule has 134 valence electrons. The number of carbonyl (C=O) groups is 1. The molecule has 1 aromatic carbocycles. The molecule has 1 aliphatic rings. The van der Waals surface area contributed by atoms with Gasteiger partial charge in [0.2, 0.25) is 5.91 Å². The summed E-state index contributed by atoms with van der Waals surface area (Å²) in [5.74, 6) is 0.914. The molecule has 1 aliphatic heterocycles. The first-order chi connectivity index (χ1) is 11.6. The Labute approximate surface area is 152 Å². The average Bonchev–Trinajstić information content (AvgIpc) is 2.58. The molecule has 1 fully saturated rings. The van der Waals surface area contributed by atoms with Crippen LogP contribution >= 0.6 is 15.9 Å². The van der Waals surface area contributed by atoms with Crippen LogP contribution in [0.15, 0.2) is 28.7 Å². The number of likely N-dealkylation sites (tertiary alicyclic amines) is 1. The summed E-state index contributed by atoms with van der Waals surface area (Å²) in [5, 5.41) is 9.18. The van der Waals surface area contributed by atoms with Gasteiger partial charge in [-0.3, -0.25) is 9.69 Å². The monoisotopic (exact) mass is 398 g/mol. The molecule has 5 nitrogen and oxygen atoms in total. The van der Waals surface area contributed by atoms with Gasteiger partial charge < -0.3 is 14.7 Å². The van der Waals surface area contributed by atoms with Crippen LogP contribution in [0, 0.1) is 0 Å². The van der Waals surface area contributed by atoms with Crippen LogP contribution in [0.5, 0.6) is 5.75 Å². The van der Waals surface area contributed by atoms with E-state index in [1.54, 1.807) is 4.90 Å². The molecule has 2 rings (SSSR count). The predicted molar refractivity (Wildman–Crippen MR) is 98.2 cm³/mol. The van der Waals surface area contributed by atoms with Crippen molar-refractivity contribution in [2.24, 2.45) is 0 Å². The SMILES string of the molecule is CN(CCOc1ccc(Br)cc1)C(=O)CN1CCCCC1CCO. The Kier molecular flexibility index (Phi) is 8.02. The summed E-state index contributed by atoms with van der Waals surface area (Å²) in [6, 6.07) is 8.00. The molecule has 0 spiro atoms. The molecule has 1 saturated heterocycles. The second kappa shape index (κ2) is 10.0. The van der Waals surface area contributed by atoms with Crippen molar-refractivity contribution in [1.29, 1.82) is 0 Å². The summed E-state index contributed by atoms with van der Waals surface area (Å²) in [6.07, 6.45) is 4.14. The highest BCUT2D eigenvalue weighted by atomic mass is 79.9. The first kappa shape index (κ1) is 19.2. The van der Waals surface area contributed by atoms with E-state index in [0.29, 0.717) is 25.7 Å². The Morgan fingerprint density at radius 2 is 2.12 bits per heavy atom. The van der Waals surface area contributed by atoms with Crippen LogP contribution < -0.4 is 4.74 Å². The third-order valence-corrected chi connectivity index (χ3v) is 5.01. The van der Waals surface area contributed by atoms with Gasteiger partial charge in [0.05, 0.1) is 13.1 Å². The van der Waals surface area contributed by atoms with Crippen LogP contribution in [-0.2, 0) is 4.79 Å². The molecule has 0 bridgehead atoms. The van der Waals surface area contributed by atoms with Gasteiger partial charge in [0.15, 0.2) is 0 Å². The van der Waals surface area contributed by atoms with E-state index in [9.17, 15) is 9.90 Å². The number of piperidine rings is 1. The van der Waals surface area contributed by atoms with Gasteiger partial charge in [0, 0.05) is 24.2 Å². The van der Waals surface area contributed by atoms with E-state index in [1.165, 1.54) is 6.42 Å². The average molecular weight is 399 g/mol. The lowest BCUT2D eigenvalue weighted by atomic mass is 9.99. The second-order valence-corrected chi connectivity index (χ2v) is 7.17. The number of aliphatic hydroxyl groups excluding tert-OH is 1. The highest BCUT2D eigenvalue weighted by Gasteiger charge is 2.24. The van der Waals surface area contributed by atoms with Crippen molar-refractivity contribution in [2.45, 2.75) is 31.7 Å². The Hall–Kier alpha value is -1.11. The zero-order chi connectivity index (χ0) is 17.4. The van der Waals surface area contributed by atoms with E-state index in [4.69, 9.17) is 4.74 Å². The first-order valence-electron chi connectivity index (χ1n) is 8.57. The fourth-order valence-electron chi connectivity index (χ4n) is 2.99. The number of rotatable bonds is 8. The lowest BCUT2D eigenvalue weighted by Gasteiger charge is -2.35. The van der Waals surface area contributed by atoms with Crippen LogP contribution in [0.4, 0.5) is 0 Å². The minimum atomic E-state index is 0.110. The lowest BCUT2D eigenvalue weighted by molar-refractivity contribution is -0.132. The molecule has 24 heavy (non-hydrogen) atoms. The molecule has 1 aromatic rings. The van der Waals surface area contributed by atoms with Crippen molar-refractivity contribution in [3.05, 3.63) is 28.7 Å². The Bertz CT molecular complexity index is 507. The predicted octanol–water partition coefficient (Wildman–Crippen LogP) is 2.52. The van der Waals surface area contributed by atoms with Crippen molar-refractivity contribution >= 4 is 21.8 Å². The summed E-state index contributed by atoms with van der Waals surface area (Å²) < 4.78 is 6.69. The zero-order valence-corrected chi connectivity index (χ0v) is 15.9. The van der Waals surface area contributed by atoms with Gasteiger partial charge >= 0.3 is 0 Å². The Morgan fingerprint density at radius 1 is 1.38 bits per heavy atom. The molecule has 0 aliphatic carbocycles. The molecule has 0 saturated carbocycles. The van der Waals surface area contributed by atoms with Gasteiger partial charge in [-0.2, -0.15) is 0 Å². The normalized spacial score (nSPS) is 18.4. The summed E-state index contributed by atoms with van der Waals surface area (Å²) in [5.41, 5.74) is 0. The first-order valence-corrected chi connectivity index (χ1v) is 9.36. The van der Waals surface area contributed by atoms with Crippen molar-refractivity contribution in [2.75, 3.05) is 39.9 Å². The molecule has 6 heteroatoms. The third-order valence-electron chi connectivity index (χ3n) is 4.48. The van der Waals surface area contributed by atoms with E-state index >= 15 is 0 Å². The summed E-state index contributed by atoms with van der Waals surface area (Å²) in [4.78, 5) is 16.4. The fourth-order valence-corrected chi connectivity index (χ4v) is 3.26. The highest BCUT2D eigenvalue weighted by molar-refractivity contribution is 9.10. The van der Waals surface area contributed by atoms with E-state index < -0.39 is 0 Å². The van der Waals surface area contributed by atoms with Gasteiger partial charge in [0.1, 0.15) is 12.4 Å². The second-order valence-electron chi connectivity index (χ2n) is 6.25. The number of hydrogen-bond donors (Lipinski definition) is 1. The van der Waals surface area contributed by atoms with Crippen molar-refractivity contribution in [3.63, 3.8) is 0 Å². The minimum Gasteiger partial charge on any atom is -0.492 e. The molecule has 1 unspecified atom stereocenters. The van der Waals surface area contributed by atoms with Crippen molar-refractivity contribution in [1.82, 2.24) is 9.80 Å². The summed E-state index contributed by atoms with van der Waals surface area (Å²) in [6.45, 7) is 2.60. The highest BCUT2D eigenvalue weighted by Crippen LogP contribution is 2.19. The molecule has 1 amide bonds. The maximum absolute atomic E-state index is 12.4. The number of ether oxygens (including phenoxy) is 1. The van der Waals surface area contributed by atoms with Crippen LogP contribution in [0.2, 0.25) is 0 Å². The molecule has 0 radical (unpaired) electrons. The number of carbonyl (C=O) groups excluding carboxylic acids is 1. The summed E-state index contributed by atoms with van der Waals surface area (Å²) >= 11 is 3.39. The number of aliphatic hydroxyl groups is 1. The summed E-state index contributed by atoms with van der Waals surface area (Å²) in [7, 11) is 1.82. The van der Waals surface area contributed by atoms with Crippen LogP contribution in [-0.4, -0.2) is 66.8 Å². The standard InChI is InChI=1S/C18H27BrN2O3/c1-20(11-13-24-17-7-5-15(19)6-8-17)18(23)14-21-10-3-2-4-16(21)9-12-22/h5-8,16,22H,2-4,9-14H2,1H3. The molecule has 1 N–H and O–H groups in total. The topological polar surface area (TPSA) is 53.0 Å². The number of likely N-dealkylation sites (N-methyl/N-ethyl adjacent to an activating group) is 1. The minimum absolute atomic E-state index is 0.110. The number of amides is 1. The molecular weight excluding hydrogens is 372 g/mol. The van der Waals surface area contributed by atoms with Crippen LogP contribution in [0.25, 0.3) is 0 Å². The van der Waals surface area contributed by atoms with Gasteiger partial charge in [0.25, 0.3) is 0 Å². The number of hydrogen-bond acceptors (Lipinski definition) is 4. The Balaban J connectivity index is 1.73.